The van der Waals surface area contributed by atoms with Crippen molar-refractivity contribution < 1.29 is 9.59 Å². The molecule has 1 rings (SSSR count). The third kappa shape index (κ3) is 6.52. The van der Waals surface area contributed by atoms with Gasteiger partial charge in [-0.05, 0) is 24.2 Å². The second kappa shape index (κ2) is 8.20. The molecule has 0 saturated heterocycles. The lowest BCUT2D eigenvalue weighted by Crippen LogP contribution is -2.48. The van der Waals surface area contributed by atoms with Crippen molar-refractivity contribution in [2.75, 3.05) is 0 Å². The minimum Gasteiger partial charge on any atom is -0.302 e. The molecule has 0 atom stereocenters. The van der Waals surface area contributed by atoms with Crippen LogP contribution in [0.1, 0.15) is 25.3 Å². The van der Waals surface area contributed by atoms with E-state index in [9.17, 15) is 9.59 Å². The molecule has 3 N–H and O–H groups in total. The summed E-state index contributed by atoms with van der Waals surface area (Å²) in [6.07, 6.45) is 1.34. The molecule has 1 aromatic carbocycles. The molecular weight excluding hydrogens is 262 g/mol. The highest BCUT2D eigenvalue weighted by atomic mass is 32.1. The first-order valence-electron chi connectivity index (χ1n) is 6.04. The Labute approximate surface area is 117 Å². The van der Waals surface area contributed by atoms with Crippen LogP contribution in [-0.2, 0) is 16.0 Å². The number of thiocarbonyl (C=S) groups is 1. The van der Waals surface area contributed by atoms with Crippen molar-refractivity contribution in [3.05, 3.63) is 35.9 Å². The van der Waals surface area contributed by atoms with Gasteiger partial charge >= 0.3 is 0 Å². The average Bonchev–Trinajstić information content (AvgIpc) is 2.43. The van der Waals surface area contributed by atoms with E-state index in [0.717, 1.165) is 5.56 Å². The first-order valence-corrected chi connectivity index (χ1v) is 6.45. The Morgan fingerprint density at radius 3 is 2.42 bits per heavy atom. The number of carbonyl (C=O) groups excluding carboxylic acids is 2. The molecule has 0 aromatic heterocycles. The van der Waals surface area contributed by atoms with Gasteiger partial charge in [0.25, 0.3) is 0 Å². The van der Waals surface area contributed by atoms with Crippen LogP contribution >= 0.6 is 12.2 Å². The van der Waals surface area contributed by atoms with Crippen molar-refractivity contribution in [3.8, 4) is 0 Å². The van der Waals surface area contributed by atoms with Gasteiger partial charge in [-0.25, -0.2) is 0 Å². The highest BCUT2D eigenvalue weighted by molar-refractivity contribution is 7.80. The molecule has 0 saturated carbocycles. The van der Waals surface area contributed by atoms with Crippen LogP contribution in [0.5, 0.6) is 0 Å². The Morgan fingerprint density at radius 1 is 1.11 bits per heavy atom. The molecule has 0 radical (unpaired) electrons. The van der Waals surface area contributed by atoms with Gasteiger partial charge in [0.15, 0.2) is 5.11 Å². The Hall–Kier alpha value is -1.95. The summed E-state index contributed by atoms with van der Waals surface area (Å²) in [7, 11) is 0. The number of benzene rings is 1. The average molecular weight is 279 g/mol. The van der Waals surface area contributed by atoms with Crippen molar-refractivity contribution in [1.29, 1.82) is 0 Å². The predicted molar refractivity (Wildman–Crippen MR) is 77.1 cm³/mol. The van der Waals surface area contributed by atoms with Crippen molar-refractivity contribution in [2.24, 2.45) is 0 Å². The summed E-state index contributed by atoms with van der Waals surface area (Å²) < 4.78 is 0. The van der Waals surface area contributed by atoms with E-state index in [0.29, 0.717) is 19.3 Å². The normalized spacial score (nSPS) is 9.53. The number of amides is 2. The topological polar surface area (TPSA) is 70.2 Å². The van der Waals surface area contributed by atoms with E-state index in [1.807, 2.05) is 30.3 Å². The fourth-order valence-electron chi connectivity index (χ4n) is 1.34. The smallest absolute Gasteiger partial charge is 0.238 e. The summed E-state index contributed by atoms with van der Waals surface area (Å²) in [5.41, 5.74) is 6.02. The maximum Gasteiger partial charge on any atom is 0.238 e. The first kappa shape index (κ1) is 15.1. The van der Waals surface area contributed by atoms with Crippen LogP contribution < -0.4 is 16.2 Å². The molecular formula is C13H17N3O2S. The quantitative estimate of drug-likeness (QED) is 0.569. The molecule has 0 aliphatic heterocycles. The Morgan fingerprint density at radius 2 is 1.79 bits per heavy atom. The molecule has 102 valence electrons. The molecule has 0 aliphatic carbocycles. The van der Waals surface area contributed by atoms with E-state index in [-0.39, 0.29) is 16.9 Å². The van der Waals surface area contributed by atoms with Gasteiger partial charge in [-0.1, -0.05) is 37.3 Å². The lowest BCUT2D eigenvalue weighted by Gasteiger charge is -2.10. The molecule has 0 unspecified atom stereocenters. The highest BCUT2D eigenvalue weighted by Crippen LogP contribution is 2.01. The van der Waals surface area contributed by atoms with Crippen LogP contribution in [0.15, 0.2) is 30.3 Å². The van der Waals surface area contributed by atoms with E-state index in [4.69, 9.17) is 12.2 Å². The molecule has 0 bridgehead atoms. The largest absolute Gasteiger partial charge is 0.302 e. The van der Waals surface area contributed by atoms with Gasteiger partial charge in [0.05, 0.1) is 0 Å². The maximum atomic E-state index is 11.5. The third-order valence-corrected chi connectivity index (χ3v) is 2.58. The number of aryl methyl sites for hydroxylation is 1. The van der Waals surface area contributed by atoms with Gasteiger partial charge in [0, 0.05) is 12.8 Å². The molecule has 6 heteroatoms. The van der Waals surface area contributed by atoms with E-state index in [2.05, 4.69) is 16.2 Å². The van der Waals surface area contributed by atoms with Crippen LogP contribution in [0.2, 0.25) is 0 Å². The summed E-state index contributed by atoms with van der Waals surface area (Å²) >= 11 is 4.83. The van der Waals surface area contributed by atoms with E-state index < -0.39 is 0 Å². The fraction of sp³-hybridized carbons (Fsp3) is 0.308. The zero-order valence-corrected chi connectivity index (χ0v) is 11.5. The van der Waals surface area contributed by atoms with Crippen LogP contribution in [0.4, 0.5) is 0 Å². The van der Waals surface area contributed by atoms with Gasteiger partial charge in [-0.15, -0.1) is 0 Å². The van der Waals surface area contributed by atoms with Crippen LogP contribution in [-0.4, -0.2) is 16.9 Å². The summed E-state index contributed by atoms with van der Waals surface area (Å²) in [5, 5.41) is 2.52. The fourth-order valence-corrected chi connectivity index (χ4v) is 1.50. The van der Waals surface area contributed by atoms with Crippen molar-refractivity contribution in [3.63, 3.8) is 0 Å². The summed E-state index contributed by atoms with van der Waals surface area (Å²) in [6, 6.07) is 9.72. The summed E-state index contributed by atoms with van der Waals surface area (Å²) in [4.78, 5) is 22.6. The minimum absolute atomic E-state index is 0.0971. The van der Waals surface area contributed by atoms with Gasteiger partial charge in [0.1, 0.15) is 0 Å². The zero-order chi connectivity index (χ0) is 14.1. The molecule has 2 amide bonds. The molecule has 0 spiro atoms. The molecule has 5 nitrogen and oxygen atoms in total. The standard InChI is InChI=1S/C13H17N3O2S/c1-2-11(17)14-13(19)16-15-12(18)9-8-10-6-4-3-5-7-10/h3-7H,2,8-9H2,1H3,(H,15,18)(H2,14,16,17,19). The lowest BCUT2D eigenvalue weighted by atomic mass is 10.1. The number of rotatable bonds is 4. The molecule has 1 aromatic rings. The minimum atomic E-state index is -0.198. The Kier molecular flexibility index (Phi) is 6.52. The monoisotopic (exact) mass is 279 g/mol. The van der Waals surface area contributed by atoms with Crippen LogP contribution in [0.3, 0.4) is 0 Å². The number of hydrazine groups is 1. The predicted octanol–water partition coefficient (Wildman–Crippen LogP) is 1.05. The molecule has 19 heavy (non-hydrogen) atoms. The van der Waals surface area contributed by atoms with E-state index >= 15 is 0 Å². The summed E-state index contributed by atoms with van der Waals surface area (Å²) in [5.74, 6) is -0.381. The SMILES string of the molecule is CCC(=O)NC(=S)NNC(=O)CCc1ccccc1. The van der Waals surface area contributed by atoms with Crippen molar-refractivity contribution >= 4 is 29.1 Å². The van der Waals surface area contributed by atoms with Crippen LogP contribution in [0.25, 0.3) is 0 Å². The third-order valence-electron chi connectivity index (χ3n) is 2.37. The van der Waals surface area contributed by atoms with E-state index in [1.54, 1.807) is 6.92 Å². The van der Waals surface area contributed by atoms with Gasteiger partial charge < -0.3 is 5.32 Å². The van der Waals surface area contributed by atoms with E-state index in [1.165, 1.54) is 0 Å². The second-order valence-electron chi connectivity index (χ2n) is 3.89. The van der Waals surface area contributed by atoms with Crippen molar-refractivity contribution in [2.45, 2.75) is 26.2 Å². The number of nitrogens with one attached hydrogen (secondary N) is 3. The van der Waals surface area contributed by atoms with Gasteiger partial charge in [0.2, 0.25) is 11.8 Å². The first-order chi connectivity index (χ1) is 9.11. The number of hydrogen-bond acceptors (Lipinski definition) is 3. The molecule has 0 heterocycles. The molecule has 0 aliphatic rings. The second-order valence-corrected chi connectivity index (χ2v) is 4.30. The number of carbonyl (C=O) groups is 2. The van der Waals surface area contributed by atoms with Crippen LogP contribution in [0, 0.1) is 0 Å². The lowest BCUT2D eigenvalue weighted by molar-refractivity contribution is -0.122. The van der Waals surface area contributed by atoms with Gasteiger partial charge in [-0.2, -0.15) is 0 Å². The summed E-state index contributed by atoms with van der Waals surface area (Å²) in [6.45, 7) is 1.72. The zero-order valence-electron chi connectivity index (χ0n) is 10.7. The van der Waals surface area contributed by atoms with Gasteiger partial charge in [-0.3, -0.25) is 20.4 Å². The van der Waals surface area contributed by atoms with Crippen molar-refractivity contribution in [1.82, 2.24) is 16.2 Å². The highest BCUT2D eigenvalue weighted by Gasteiger charge is 2.04. The number of hydrogen-bond donors (Lipinski definition) is 3. The molecule has 0 fully saturated rings. The Balaban J connectivity index is 2.21. The maximum absolute atomic E-state index is 11.5. The Bertz CT molecular complexity index is 448.